The van der Waals surface area contributed by atoms with Crippen LogP contribution in [-0.2, 0) is 6.54 Å². The summed E-state index contributed by atoms with van der Waals surface area (Å²) in [6, 6.07) is 18.5. The Morgan fingerprint density at radius 1 is 1.04 bits per heavy atom. The van der Waals surface area contributed by atoms with Crippen molar-refractivity contribution >= 4 is 38.4 Å². The molecule has 1 N–H and O–H groups in total. The molecule has 2 aromatic heterocycles. The van der Waals surface area contributed by atoms with Gasteiger partial charge in [0, 0.05) is 27.8 Å². The normalized spacial score (nSPS) is 11.3. The van der Waals surface area contributed by atoms with Crippen LogP contribution >= 0.6 is 15.9 Å². The van der Waals surface area contributed by atoms with Crippen molar-refractivity contribution < 1.29 is 9.90 Å². The van der Waals surface area contributed by atoms with E-state index < -0.39 is 5.91 Å². The van der Waals surface area contributed by atoms with Gasteiger partial charge in [-0.3, -0.25) is 9.78 Å². The first-order valence-corrected chi connectivity index (χ1v) is 9.33. The fraction of sp³-hybridized carbons (Fsp3) is 0.0476. The van der Waals surface area contributed by atoms with Gasteiger partial charge in [0.25, 0.3) is 5.91 Å². The number of pyridine rings is 1. The molecule has 0 aliphatic rings. The number of aromatic hydroxyl groups is 1. The lowest BCUT2D eigenvalue weighted by Crippen LogP contribution is -1.98. The molecule has 0 spiro atoms. The highest BCUT2D eigenvalue weighted by molar-refractivity contribution is 9.10. The molecule has 0 fully saturated rings. The van der Waals surface area contributed by atoms with Gasteiger partial charge in [0.2, 0.25) is 5.88 Å². The average Bonchev–Trinajstić information content (AvgIpc) is 3.00. The molecule has 1 amide bonds. The summed E-state index contributed by atoms with van der Waals surface area (Å²) in [6.07, 6.45) is 3.04. The Hall–Kier alpha value is -3.32. The lowest BCUT2D eigenvalue weighted by molar-refractivity contribution is 0.0995. The third kappa shape index (κ3) is 3.57. The Bertz CT molecular complexity index is 1170. The number of hydrogen-bond acceptors (Lipinski definition) is 4. The zero-order chi connectivity index (χ0) is 19.5. The van der Waals surface area contributed by atoms with Crippen LogP contribution in [0.1, 0.15) is 15.9 Å². The van der Waals surface area contributed by atoms with E-state index in [0.717, 1.165) is 20.9 Å². The largest absolute Gasteiger partial charge is 0.493 e. The number of amides is 1. The van der Waals surface area contributed by atoms with Gasteiger partial charge in [0.1, 0.15) is 0 Å². The van der Waals surface area contributed by atoms with Gasteiger partial charge in [0.15, 0.2) is 5.69 Å². The summed E-state index contributed by atoms with van der Waals surface area (Å²) >= 11 is 3.42. The number of fused-ring (bicyclic) bond motifs is 1. The SMILES string of the molecule is O=C(N=Nc1c(O)n(Cc2ccc(Br)cc2)c2ccccc12)c1ccncc1. The maximum absolute atomic E-state index is 12.2. The first kappa shape index (κ1) is 18.1. The minimum atomic E-state index is -0.494. The minimum Gasteiger partial charge on any atom is -0.493 e. The summed E-state index contributed by atoms with van der Waals surface area (Å²) in [7, 11) is 0. The summed E-state index contributed by atoms with van der Waals surface area (Å²) in [5, 5.41) is 19.4. The Morgan fingerprint density at radius 2 is 1.75 bits per heavy atom. The molecule has 0 unspecified atom stereocenters. The molecule has 28 heavy (non-hydrogen) atoms. The van der Waals surface area contributed by atoms with Crippen molar-refractivity contribution in [1.29, 1.82) is 0 Å². The zero-order valence-electron chi connectivity index (χ0n) is 14.7. The lowest BCUT2D eigenvalue weighted by atomic mass is 10.2. The van der Waals surface area contributed by atoms with Crippen LogP contribution in [0.2, 0.25) is 0 Å². The van der Waals surface area contributed by atoms with Gasteiger partial charge in [-0.2, -0.15) is 0 Å². The monoisotopic (exact) mass is 434 g/mol. The summed E-state index contributed by atoms with van der Waals surface area (Å²) < 4.78 is 2.74. The van der Waals surface area contributed by atoms with Crippen LogP contribution in [0.5, 0.6) is 5.88 Å². The van der Waals surface area contributed by atoms with E-state index in [-0.39, 0.29) is 11.6 Å². The predicted molar refractivity (Wildman–Crippen MR) is 110 cm³/mol. The number of para-hydroxylation sites is 1. The second-order valence-electron chi connectivity index (χ2n) is 6.14. The van der Waals surface area contributed by atoms with Crippen molar-refractivity contribution in [2.24, 2.45) is 10.2 Å². The van der Waals surface area contributed by atoms with Crippen LogP contribution in [-0.4, -0.2) is 20.6 Å². The van der Waals surface area contributed by atoms with Crippen LogP contribution in [0.3, 0.4) is 0 Å². The maximum atomic E-state index is 12.2. The summed E-state index contributed by atoms with van der Waals surface area (Å²) in [5.74, 6) is -0.526. The fourth-order valence-corrected chi connectivity index (χ4v) is 3.21. The topological polar surface area (TPSA) is 79.8 Å². The van der Waals surface area contributed by atoms with E-state index in [0.29, 0.717) is 12.1 Å². The van der Waals surface area contributed by atoms with Gasteiger partial charge >= 0.3 is 0 Å². The Labute approximate surface area is 169 Å². The fourth-order valence-electron chi connectivity index (χ4n) is 2.95. The average molecular weight is 435 g/mol. The molecule has 2 aromatic carbocycles. The quantitative estimate of drug-likeness (QED) is 0.432. The maximum Gasteiger partial charge on any atom is 0.295 e. The lowest BCUT2D eigenvalue weighted by Gasteiger charge is -2.07. The number of azo groups is 1. The van der Waals surface area contributed by atoms with Crippen molar-refractivity contribution in [3.63, 3.8) is 0 Å². The van der Waals surface area contributed by atoms with Crippen molar-refractivity contribution in [2.75, 3.05) is 0 Å². The van der Waals surface area contributed by atoms with Gasteiger partial charge in [-0.25, -0.2) is 0 Å². The Morgan fingerprint density at radius 3 is 2.50 bits per heavy atom. The van der Waals surface area contributed by atoms with E-state index in [9.17, 15) is 9.90 Å². The van der Waals surface area contributed by atoms with E-state index in [1.807, 2.05) is 48.5 Å². The highest BCUT2D eigenvalue weighted by Gasteiger charge is 2.17. The number of carbonyl (C=O) groups is 1. The van der Waals surface area contributed by atoms with E-state index in [2.05, 4.69) is 31.1 Å². The molecular formula is C21H15BrN4O2. The van der Waals surface area contributed by atoms with Crippen LogP contribution in [0.4, 0.5) is 5.69 Å². The molecule has 0 aliphatic heterocycles. The second kappa shape index (κ2) is 7.74. The van der Waals surface area contributed by atoms with Crippen molar-refractivity contribution in [3.8, 4) is 5.88 Å². The van der Waals surface area contributed by atoms with Crippen molar-refractivity contribution in [3.05, 3.63) is 88.7 Å². The highest BCUT2D eigenvalue weighted by Crippen LogP contribution is 2.39. The molecule has 0 radical (unpaired) electrons. The number of benzene rings is 2. The predicted octanol–water partition coefficient (Wildman–Crippen LogP) is 5.48. The molecule has 0 atom stereocenters. The van der Waals surface area contributed by atoms with Crippen LogP contribution < -0.4 is 0 Å². The molecule has 0 bridgehead atoms. The number of aromatic nitrogens is 2. The molecule has 4 rings (SSSR count). The number of carbonyl (C=O) groups excluding carboxylic acids is 1. The van der Waals surface area contributed by atoms with E-state index in [4.69, 9.17) is 0 Å². The Balaban J connectivity index is 1.73. The first-order valence-electron chi connectivity index (χ1n) is 8.54. The molecule has 6 nitrogen and oxygen atoms in total. The van der Waals surface area contributed by atoms with Gasteiger partial charge < -0.3 is 9.67 Å². The zero-order valence-corrected chi connectivity index (χ0v) is 16.2. The van der Waals surface area contributed by atoms with Crippen LogP contribution in [0.15, 0.2) is 87.8 Å². The molecule has 138 valence electrons. The van der Waals surface area contributed by atoms with Crippen molar-refractivity contribution in [2.45, 2.75) is 6.54 Å². The third-order valence-corrected chi connectivity index (χ3v) is 4.87. The van der Waals surface area contributed by atoms with Crippen LogP contribution in [0.25, 0.3) is 10.9 Å². The van der Waals surface area contributed by atoms with Gasteiger partial charge in [0.05, 0.1) is 12.1 Å². The third-order valence-electron chi connectivity index (χ3n) is 4.34. The Kier molecular flexibility index (Phi) is 4.99. The van der Waals surface area contributed by atoms with Gasteiger partial charge in [-0.15, -0.1) is 10.2 Å². The smallest absolute Gasteiger partial charge is 0.295 e. The number of nitrogens with zero attached hydrogens (tertiary/aromatic N) is 4. The van der Waals surface area contributed by atoms with Gasteiger partial charge in [-0.1, -0.05) is 46.3 Å². The van der Waals surface area contributed by atoms with Crippen molar-refractivity contribution in [1.82, 2.24) is 9.55 Å². The first-order chi connectivity index (χ1) is 13.6. The molecular weight excluding hydrogens is 420 g/mol. The molecule has 0 aliphatic carbocycles. The standard InChI is InChI=1S/C21H15BrN4O2/c22-16-7-5-14(6-8-16)13-26-18-4-2-1-3-17(18)19(21(26)28)24-25-20(27)15-9-11-23-12-10-15/h1-12,28H,13H2. The van der Waals surface area contributed by atoms with E-state index in [1.54, 1.807) is 16.7 Å². The summed E-state index contributed by atoms with van der Waals surface area (Å²) in [4.78, 5) is 16.1. The van der Waals surface area contributed by atoms with Gasteiger partial charge in [-0.05, 0) is 35.9 Å². The molecule has 7 heteroatoms. The number of hydrogen-bond donors (Lipinski definition) is 1. The summed E-state index contributed by atoms with van der Waals surface area (Å²) in [5.41, 5.74) is 2.50. The molecule has 2 heterocycles. The highest BCUT2D eigenvalue weighted by atomic mass is 79.9. The second-order valence-corrected chi connectivity index (χ2v) is 7.06. The number of halogens is 1. The van der Waals surface area contributed by atoms with Crippen LogP contribution in [0, 0.1) is 0 Å². The summed E-state index contributed by atoms with van der Waals surface area (Å²) in [6.45, 7) is 0.466. The minimum absolute atomic E-state index is 0.0320. The molecule has 4 aromatic rings. The molecule has 0 saturated heterocycles. The number of rotatable bonds is 4. The van der Waals surface area contributed by atoms with E-state index >= 15 is 0 Å². The van der Waals surface area contributed by atoms with E-state index in [1.165, 1.54) is 12.4 Å². The molecule has 0 saturated carbocycles.